The van der Waals surface area contributed by atoms with E-state index in [2.05, 4.69) is 23.3 Å². The summed E-state index contributed by atoms with van der Waals surface area (Å²) in [6.45, 7) is 3.46. The van der Waals surface area contributed by atoms with Gasteiger partial charge in [0.15, 0.2) is 0 Å². The van der Waals surface area contributed by atoms with E-state index < -0.39 is 5.60 Å². The normalized spacial score (nSPS) is 24.9. The lowest BCUT2D eigenvalue weighted by molar-refractivity contribution is 0.0674. The van der Waals surface area contributed by atoms with Crippen molar-refractivity contribution in [3.63, 3.8) is 0 Å². The SMILES string of the molecule is Cc1cccnc1CNCC1(O)CCSC1. The summed E-state index contributed by atoms with van der Waals surface area (Å²) in [5.41, 5.74) is 1.76. The van der Waals surface area contributed by atoms with E-state index in [1.807, 2.05) is 24.0 Å². The molecule has 2 heterocycles. The zero-order valence-corrected chi connectivity index (χ0v) is 10.4. The lowest BCUT2D eigenvalue weighted by Gasteiger charge is -2.21. The maximum atomic E-state index is 10.1. The van der Waals surface area contributed by atoms with Crippen molar-refractivity contribution in [1.29, 1.82) is 0 Å². The third-order valence-corrected chi connectivity index (χ3v) is 4.18. The summed E-state index contributed by atoms with van der Waals surface area (Å²) in [7, 11) is 0. The van der Waals surface area contributed by atoms with E-state index in [1.165, 1.54) is 5.56 Å². The number of nitrogens with zero attached hydrogens (tertiary/aromatic N) is 1. The van der Waals surface area contributed by atoms with Crippen molar-refractivity contribution in [2.24, 2.45) is 0 Å². The minimum Gasteiger partial charge on any atom is -0.388 e. The Morgan fingerprint density at radius 2 is 2.50 bits per heavy atom. The minimum absolute atomic E-state index is 0.507. The van der Waals surface area contributed by atoms with Crippen LogP contribution in [0.3, 0.4) is 0 Å². The molecule has 0 aliphatic carbocycles. The van der Waals surface area contributed by atoms with Gasteiger partial charge in [0, 0.05) is 25.0 Å². The molecule has 1 atom stereocenters. The summed E-state index contributed by atoms with van der Waals surface area (Å²) < 4.78 is 0. The number of hydrogen-bond donors (Lipinski definition) is 2. The second-order valence-electron chi connectivity index (χ2n) is 4.40. The zero-order chi connectivity index (χ0) is 11.4. The Hall–Kier alpha value is -0.580. The third-order valence-electron chi connectivity index (χ3n) is 2.95. The Morgan fingerprint density at radius 3 is 3.19 bits per heavy atom. The highest BCUT2D eigenvalue weighted by atomic mass is 32.2. The predicted molar refractivity (Wildman–Crippen MR) is 67.6 cm³/mol. The van der Waals surface area contributed by atoms with Crippen molar-refractivity contribution in [2.45, 2.75) is 25.5 Å². The van der Waals surface area contributed by atoms with Gasteiger partial charge in [0.1, 0.15) is 0 Å². The van der Waals surface area contributed by atoms with Crippen molar-refractivity contribution >= 4 is 11.8 Å². The fraction of sp³-hybridized carbons (Fsp3) is 0.583. The van der Waals surface area contributed by atoms with Gasteiger partial charge in [-0.05, 0) is 30.7 Å². The zero-order valence-electron chi connectivity index (χ0n) is 9.57. The van der Waals surface area contributed by atoms with Gasteiger partial charge in [0.2, 0.25) is 0 Å². The molecule has 0 spiro atoms. The van der Waals surface area contributed by atoms with Crippen molar-refractivity contribution < 1.29 is 5.11 Å². The Balaban J connectivity index is 1.82. The number of rotatable bonds is 4. The molecule has 0 aromatic carbocycles. The lowest BCUT2D eigenvalue weighted by atomic mass is 10.0. The number of hydrogen-bond acceptors (Lipinski definition) is 4. The maximum Gasteiger partial charge on any atom is 0.0869 e. The van der Waals surface area contributed by atoms with Crippen LogP contribution in [0.5, 0.6) is 0 Å². The highest BCUT2D eigenvalue weighted by molar-refractivity contribution is 7.99. The van der Waals surface area contributed by atoms with E-state index in [9.17, 15) is 5.11 Å². The Bertz CT molecular complexity index is 351. The van der Waals surface area contributed by atoms with Crippen LogP contribution in [0.15, 0.2) is 18.3 Å². The molecule has 16 heavy (non-hydrogen) atoms. The maximum absolute atomic E-state index is 10.1. The lowest BCUT2D eigenvalue weighted by Crippen LogP contribution is -2.40. The van der Waals surface area contributed by atoms with E-state index in [0.717, 1.165) is 30.2 Å². The molecule has 4 heteroatoms. The van der Waals surface area contributed by atoms with Crippen molar-refractivity contribution in [3.8, 4) is 0 Å². The summed E-state index contributed by atoms with van der Waals surface area (Å²) >= 11 is 1.82. The van der Waals surface area contributed by atoms with Crippen molar-refractivity contribution in [3.05, 3.63) is 29.6 Å². The highest BCUT2D eigenvalue weighted by Gasteiger charge is 2.30. The smallest absolute Gasteiger partial charge is 0.0869 e. The number of aliphatic hydroxyl groups is 1. The van der Waals surface area contributed by atoms with E-state index in [4.69, 9.17) is 0 Å². The molecule has 0 bridgehead atoms. The summed E-state index contributed by atoms with van der Waals surface area (Å²) in [6, 6.07) is 4.00. The quantitative estimate of drug-likeness (QED) is 0.831. The molecule has 1 aliphatic heterocycles. The Morgan fingerprint density at radius 1 is 1.62 bits per heavy atom. The molecule has 2 rings (SSSR count). The van der Waals surface area contributed by atoms with Gasteiger partial charge in [-0.15, -0.1) is 0 Å². The van der Waals surface area contributed by atoms with E-state index >= 15 is 0 Å². The van der Waals surface area contributed by atoms with Gasteiger partial charge < -0.3 is 10.4 Å². The molecule has 1 aliphatic rings. The van der Waals surface area contributed by atoms with E-state index in [-0.39, 0.29) is 0 Å². The van der Waals surface area contributed by atoms with Crippen LogP contribution in [-0.4, -0.2) is 33.7 Å². The van der Waals surface area contributed by atoms with Crippen LogP contribution >= 0.6 is 11.8 Å². The standard InChI is InChI=1S/C12H18N2OS/c1-10-3-2-5-14-11(10)7-13-8-12(15)4-6-16-9-12/h2-3,5,13,15H,4,6-9H2,1H3. The molecule has 1 fully saturated rings. The minimum atomic E-state index is -0.507. The summed E-state index contributed by atoms with van der Waals surface area (Å²) in [5.74, 6) is 1.92. The fourth-order valence-electron chi connectivity index (χ4n) is 1.85. The van der Waals surface area contributed by atoms with Crippen LogP contribution < -0.4 is 5.32 Å². The molecular formula is C12H18N2OS. The average molecular weight is 238 g/mol. The molecule has 0 amide bonds. The van der Waals surface area contributed by atoms with Gasteiger partial charge in [-0.1, -0.05) is 6.07 Å². The van der Waals surface area contributed by atoms with Crippen LogP contribution in [0.2, 0.25) is 0 Å². The number of thioether (sulfide) groups is 1. The number of nitrogens with one attached hydrogen (secondary N) is 1. The number of aryl methyl sites for hydroxylation is 1. The molecule has 0 radical (unpaired) electrons. The fourth-order valence-corrected chi connectivity index (χ4v) is 3.15. The largest absolute Gasteiger partial charge is 0.388 e. The summed E-state index contributed by atoms with van der Waals surface area (Å²) in [5, 5.41) is 13.4. The van der Waals surface area contributed by atoms with Crippen LogP contribution in [0.4, 0.5) is 0 Å². The van der Waals surface area contributed by atoms with Crippen LogP contribution in [0.25, 0.3) is 0 Å². The second kappa shape index (κ2) is 5.17. The molecule has 88 valence electrons. The first-order valence-corrected chi connectivity index (χ1v) is 6.76. The predicted octanol–water partition coefficient (Wildman–Crippen LogP) is 1.35. The first kappa shape index (κ1) is 11.9. The number of aromatic nitrogens is 1. The van der Waals surface area contributed by atoms with Crippen LogP contribution in [0, 0.1) is 6.92 Å². The van der Waals surface area contributed by atoms with Gasteiger partial charge in [-0.25, -0.2) is 0 Å². The van der Waals surface area contributed by atoms with Gasteiger partial charge in [-0.2, -0.15) is 11.8 Å². The van der Waals surface area contributed by atoms with Gasteiger partial charge in [0.25, 0.3) is 0 Å². The topological polar surface area (TPSA) is 45.2 Å². The van der Waals surface area contributed by atoms with Gasteiger partial charge in [-0.3, -0.25) is 4.98 Å². The highest BCUT2D eigenvalue weighted by Crippen LogP contribution is 2.26. The van der Waals surface area contributed by atoms with E-state index in [1.54, 1.807) is 0 Å². The first-order chi connectivity index (χ1) is 7.70. The Labute approximate surface area is 101 Å². The number of pyridine rings is 1. The monoisotopic (exact) mass is 238 g/mol. The van der Waals surface area contributed by atoms with Crippen LogP contribution in [0.1, 0.15) is 17.7 Å². The van der Waals surface area contributed by atoms with E-state index in [0.29, 0.717) is 6.54 Å². The molecule has 1 saturated heterocycles. The first-order valence-electron chi connectivity index (χ1n) is 5.61. The second-order valence-corrected chi connectivity index (χ2v) is 5.50. The third kappa shape index (κ3) is 2.97. The molecule has 1 unspecified atom stereocenters. The molecule has 2 N–H and O–H groups in total. The molecular weight excluding hydrogens is 220 g/mol. The molecule has 3 nitrogen and oxygen atoms in total. The van der Waals surface area contributed by atoms with Crippen LogP contribution in [-0.2, 0) is 6.54 Å². The molecule has 1 aromatic rings. The average Bonchev–Trinajstić information content (AvgIpc) is 2.68. The van der Waals surface area contributed by atoms with Gasteiger partial charge in [0.05, 0.1) is 11.3 Å². The van der Waals surface area contributed by atoms with Crippen molar-refractivity contribution in [1.82, 2.24) is 10.3 Å². The van der Waals surface area contributed by atoms with Gasteiger partial charge >= 0.3 is 0 Å². The molecule has 1 aromatic heterocycles. The summed E-state index contributed by atoms with van der Waals surface area (Å²) in [4.78, 5) is 4.32. The Kier molecular flexibility index (Phi) is 3.84. The summed E-state index contributed by atoms with van der Waals surface area (Å²) in [6.07, 6.45) is 2.70. The van der Waals surface area contributed by atoms with Crippen molar-refractivity contribution in [2.75, 3.05) is 18.1 Å². The molecule has 0 saturated carbocycles.